The first-order chi connectivity index (χ1) is 9.67. The minimum absolute atomic E-state index is 0.0593. The normalized spacial score (nSPS) is 9.55. The van der Waals surface area contributed by atoms with E-state index in [2.05, 4.69) is 29.4 Å². The van der Waals surface area contributed by atoms with Gasteiger partial charge in [-0.2, -0.15) is 0 Å². The number of aliphatic hydroxyl groups is 1. The Morgan fingerprint density at radius 1 is 1.40 bits per heavy atom. The van der Waals surface area contributed by atoms with Gasteiger partial charge in [0.1, 0.15) is 0 Å². The van der Waals surface area contributed by atoms with Crippen LogP contribution in [0.4, 0.5) is 10.5 Å². The molecule has 4 heteroatoms. The van der Waals surface area contributed by atoms with Gasteiger partial charge in [0.2, 0.25) is 0 Å². The molecule has 0 saturated heterocycles. The lowest BCUT2D eigenvalue weighted by Gasteiger charge is -2.08. The first-order valence-electron chi connectivity index (χ1n) is 6.92. The van der Waals surface area contributed by atoms with E-state index in [1.165, 1.54) is 0 Å². The molecule has 0 unspecified atom stereocenters. The van der Waals surface area contributed by atoms with Crippen molar-refractivity contribution in [3.05, 3.63) is 29.3 Å². The van der Waals surface area contributed by atoms with Gasteiger partial charge in [0.05, 0.1) is 6.61 Å². The second-order valence-corrected chi connectivity index (χ2v) is 4.54. The minimum atomic E-state index is -0.198. The third-order valence-electron chi connectivity index (χ3n) is 2.77. The largest absolute Gasteiger partial charge is 0.395 e. The third kappa shape index (κ3) is 5.77. The van der Waals surface area contributed by atoms with Crippen LogP contribution in [0.3, 0.4) is 0 Å². The first-order valence-corrected chi connectivity index (χ1v) is 6.92. The van der Waals surface area contributed by atoms with E-state index in [4.69, 9.17) is 5.11 Å². The van der Waals surface area contributed by atoms with Crippen LogP contribution in [-0.2, 0) is 0 Å². The highest BCUT2D eigenvalue weighted by Gasteiger charge is 2.02. The molecule has 1 aromatic carbocycles. The zero-order valence-electron chi connectivity index (χ0n) is 12.1. The predicted octanol–water partition coefficient (Wildman–Crippen LogP) is 2.65. The lowest BCUT2D eigenvalue weighted by atomic mass is 10.1. The summed E-state index contributed by atoms with van der Waals surface area (Å²) < 4.78 is 0. The second-order valence-electron chi connectivity index (χ2n) is 4.54. The zero-order valence-corrected chi connectivity index (χ0v) is 12.1. The van der Waals surface area contributed by atoms with Gasteiger partial charge < -0.3 is 15.7 Å². The molecule has 0 aliphatic rings. The van der Waals surface area contributed by atoms with Gasteiger partial charge in [-0.1, -0.05) is 31.3 Å². The maximum absolute atomic E-state index is 11.7. The fourth-order valence-electron chi connectivity index (χ4n) is 1.60. The molecule has 4 nitrogen and oxygen atoms in total. The zero-order chi connectivity index (χ0) is 14.8. The average molecular weight is 274 g/mol. The molecule has 3 N–H and O–H groups in total. The summed E-state index contributed by atoms with van der Waals surface area (Å²) in [6, 6.07) is 5.42. The van der Waals surface area contributed by atoms with E-state index >= 15 is 0 Å². The van der Waals surface area contributed by atoms with Crippen LogP contribution < -0.4 is 10.6 Å². The van der Waals surface area contributed by atoms with Crippen molar-refractivity contribution in [2.24, 2.45) is 0 Å². The number of benzene rings is 1. The highest BCUT2D eigenvalue weighted by atomic mass is 16.2. The topological polar surface area (TPSA) is 61.4 Å². The average Bonchev–Trinajstić information content (AvgIpc) is 2.43. The van der Waals surface area contributed by atoms with Crippen molar-refractivity contribution in [2.45, 2.75) is 33.1 Å². The number of aryl methyl sites for hydroxylation is 1. The summed E-state index contributed by atoms with van der Waals surface area (Å²) in [5.74, 6) is 5.88. The van der Waals surface area contributed by atoms with Crippen molar-refractivity contribution in [1.29, 1.82) is 0 Å². The molecule has 0 aliphatic carbocycles. The van der Waals surface area contributed by atoms with Crippen LogP contribution in [-0.4, -0.2) is 24.3 Å². The molecule has 0 saturated carbocycles. The number of amides is 2. The number of carbonyl (C=O) groups excluding carboxylic acids is 1. The third-order valence-corrected chi connectivity index (χ3v) is 2.77. The number of unbranched alkanes of at least 4 members (excludes halogenated alkanes) is 1. The smallest absolute Gasteiger partial charge is 0.319 e. The van der Waals surface area contributed by atoms with E-state index < -0.39 is 0 Å². The van der Waals surface area contributed by atoms with Gasteiger partial charge in [-0.25, -0.2) is 4.79 Å². The van der Waals surface area contributed by atoms with Gasteiger partial charge in [-0.3, -0.25) is 0 Å². The molecule has 2 amide bonds. The molecular formula is C16H22N2O2. The van der Waals surface area contributed by atoms with E-state index in [9.17, 15) is 4.79 Å². The van der Waals surface area contributed by atoms with Crippen molar-refractivity contribution in [2.75, 3.05) is 18.5 Å². The lowest BCUT2D eigenvalue weighted by molar-refractivity contribution is 0.252. The Bertz CT molecular complexity index is 501. The van der Waals surface area contributed by atoms with Gasteiger partial charge in [0, 0.05) is 24.2 Å². The summed E-state index contributed by atoms with van der Waals surface area (Å²) >= 11 is 0. The molecule has 0 heterocycles. The number of hydrogen-bond acceptors (Lipinski definition) is 2. The molecule has 0 aromatic heterocycles. The van der Waals surface area contributed by atoms with E-state index in [1.807, 2.05) is 25.1 Å². The predicted molar refractivity (Wildman–Crippen MR) is 81.7 cm³/mol. The monoisotopic (exact) mass is 274 g/mol. The molecule has 1 rings (SSSR count). The number of urea groups is 1. The van der Waals surface area contributed by atoms with Crippen LogP contribution in [0.15, 0.2) is 18.2 Å². The Labute approximate surface area is 120 Å². The number of carbonyl (C=O) groups is 1. The molecule has 0 aliphatic heterocycles. The number of rotatable bonds is 5. The van der Waals surface area contributed by atoms with Crippen LogP contribution in [0.5, 0.6) is 0 Å². The molecule has 0 atom stereocenters. The standard InChI is InChI=1S/C16H22N2O2/c1-3-4-10-17-16(20)18-15-9-8-13(2)14(12-15)7-5-6-11-19/h8-9,12,19H,3-4,6,10-11H2,1-2H3,(H2,17,18,20). The molecule has 0 spiro atoms. The molecule has 108 valence electrons. The first kappa shape index (κ1) is 16.1. The van der Waals surface area contributed by atoms with Crippen LogP contribution in [0.2, 0.25) is 0 Å². The maximum Gasteiger partial charge on any atom is 0.319 e. The number of hydrogen-bond donors (Lipinski definition) is 3. The maximum atomic E-state index is 11.7. The molecule has 0 fully saturated rings. The quantitative estimate of drug-likeness (QED) is 0.571. The van der Waals surface area contributed by atoms with Crippen molar-refractivity contribution in [3.8, 4) is 11.8 Å². The summed E-state index contributed by atoms with van der Waals surface area (Å²) in [5, 5.41) is 14.3. The van der Waals surface area contributed by atoms with Gasteiger partial charge >= 0.3 is 6.03 Å². The van der Waals surface area contributed by atoms with Crippen LogP contribution >= 0.6 is 0 Å². The van der Waals surface area contributed by atoms with Crippen molar-refractivity contribution in [1.82, 2.24) is 5.32 Å². The fraction of sp³-hybridized carbons (Fsp3) is 0.438. The highest BCUT2D eigenvalue weighted by molar-refractivity contribution is 5.89. The number of aliphatic hydroxyl groups excluding tert-OH is 1. The Hall–Kier alpha value is -1.99. The Kier molecular flexibility index (Phi) is 7.23. The van der Waals surface area contributed by atoms with Crippen molar-refractivity contribution >= 4 is 11.7 Å². The summed E-state index contributed by atoms with van der Waals surface area (Å²) in [6.45, 7) is 4.78. The Balaban J connectivity index is 2.65. The number of anilines is 1. The molecule has 1 aromatic rings. The SMILES string of the molecule is CCCCNC(=O)Nc1ccc(C)c(C#CCCO)c1. The minimum Gasteiger partial charge on any atom is -0.395 e. The Morgan fingerprint density at radius 3 is 2.90 bits per heavy atom. The lowest BCUT2D eigenvalue weighted by Crippen LogP contribution is -2.29. The molecular weight excluding hydrogens is 252 g/mol. The van der Waals surface area contributed by atoms with Crippen LogP contribution in [0.1, 0.15) is 37.3 Å². The van der Waals surface area contributed by atoms with Crippen molar-refractivity contribution in [3.63, 3.8) is 0 Å². The van der Waals surface area contributed by atoms with E-state index in [-0.39, 0.29) is 12.6 Å². The van der Waals surface area contributed by atoms with E-state index in [1.54, 1.807) is 0 Å². The summed E-state index contributed by atoms with van der Waals surface area (Å²) in [6.07, 6.45) is 2.48. The van der Waals surface area contributed by atoms with E-state index in [0.717, 1.165) is 29.7 Å². The highest BCUT2D eigenvalue weighted by Crippen LogP contribution is 2.14. The summed E-state index contributed by atoms with van der Waals surface area (Å²) in [5.41, 5.74) is 2.63. The second kappa shape index (κ2) is 9.00. The van der Waals surface area contributed by atoms with E-state index in [0.29, 0.717) is 13.0 Å². The summed E-state index contributed by atoms with van der Waals surface area (Å²) in [4.78, 5) is 11.7. The van der Waals surface area contributed by atoms with Crippen LogP contribution in [0, 0.1) is 18.8 Å². The van der Waals surface area contributed by atoms with Crippen LogP contribution in [0.25, 0.3) is 0 Å². The van der Waals surface area contributed by atoms with Gasteiger partial charge in [-0.05, 0) is 31.0 Å². The van der Waals surface area contributed by atoms with Crippen molar-refractivity contribution < 1.29 is 9.90 Å². The van der Waals surface area contributed by atoms with Gasteiger partial charge in [0.15, 0.2) is 0 Å². The summed E-state index contributed by atoms with van der Waals surface area (Å²) in [7, 11) is 0. The molecule has 0 radical (unpaired) electrons. The number of nitrogens with one attached hydrogen (secondary N) is 2. The fourth-order valence-corrected chi connectivity index (χ4v) is 1.60. The molecule has 20 heavy (non-hydrogen) atoms. The molecule has 0 bridgehead atoms. The van der Waals surface area contributed by atoms with Gasteiger partial charge in [0.25, 0.3) is 0 Å². The van der Waals surface area contributed by atoms with Gasteiger partial charge in [-0.15, -0.1) is 0 Å². The Morgan fingerprint density at radius 2 is 2.20 bits per heavy atom.